The molecule has 9 heteroatoms. The fourth-order valence-electron chi connectivity index (χ4n) is 5.60. The zero-order valence-corrected chi connectivity index (χ0v) is 23.7. The van der Waals surface area contributed by atoms with Crippen LogP contribution in [-0.4, -0.2) is 37.0 Å². The van der Waals surface area contributed by atoms with Crippen molar-refractivity contribution in [3.05, 3.63) is 84.5 Å². The number of hydrogen-bond donors (Lipinski definition) is 0. The average molecular weight is 560 g/mol. The Balaban J connectivity index is 1.46. The van der Waals surface area contributed by atoms with Crippen molar-refractivity contribution in [3.63, 3.8) is 0 Å². The molecule has 6 rings (SSSR count). The number of aromatic nitrogens is 1. The number of carbonyl (C=O) groups excluding carboxylic acids is 1. The van der Waals surface area contributed by atoms with Crippen molar-refractivity contribution in [2.45, 2.75) is 52.0 Å². The molecule has 8 nitrogen and oxygen atoms in total. The van der Waals surface area contributed by atoms with E-state index < -0.39 is 12.0 Å². The Labute approximate surface area is 236 Å². The standard InChI is InChI=1S/C31H33N3O5S/c1-3-8-23-27(30(36)37-4-2)28(21-11-14-24-25(18-21)39-19-38-24)34-29(35)26(40-31(34)32-23)17-20-9-12-22(13-10-20)33-15-6-5-7-16-33/h9-14,17-18,28H,3-8,15-16,19H2,1-2H3/b26-17+/t28-/m0/s1. The van der Waals surface area contributed by atoms with Crippen molar-refractivity contribution in [1.29, 1.82) is 0 Å². The van der Waals surface area contributed by atoms with Gasteiger partial charge in [-0.25, -0.2) is 9.79 Å². The lowest BCUT2D eigenvalue weighted by Gasteiger charge is -2.28. The molecule has 0 amide bonds. The summed E-state index contributed by atoms with van der Waals surface area (Å²) in [6, 6.07) is 13.2. The minimum Gasteiger partial charge on any atom is -0.463 e. The third kappa shape index (κ3) is 4.94. The number of anilines is 1. The summed E-state index contributed by atoms with van der Waals surface area (Å²) in [6.07, 6.45) is 7.04. The second-order valence-electron chi connectivity index (χ2n) is 10.2. The predicted molar refractivity (Wildman–Crippen MR) is 155 cm³/mol. The summed E-state index contributed by atoms with van der Waals surface area (Å²) in [5, 5.41) is 0. The lowest BCUT2D eigenvalue weighted by molar-refractivity contribution is -0.139. The molecule has 0 spiro atoms. The fraction of sp³-hybridized carbons (Fsp3) is 0.387. The summed E-state index contributed by atoms with van der Waals surface area (Å²) in [4.78, 5) is 35.2. The third-order valence-corrected chi connectivity index (χ3v) is 8.50. The van der Waals surface area contributed by atoms with E-state index in [4.69, 9.17) is 19.2 Å². The van der Waals surface area contributed by atoms with Crippen LogP contribution in [0.25, 0.3) is 6.08 Å². The van der Waals surface area contributed by atoms with Crippen molar-refractivity contribution in [3.8, 4) is 11.5 Å². The van der Waals surface area contributed by atoms with Gasteiger partial charge in [0.1, 0.15) is 0 Å². The van der Waals surface area contributed by atoms with Crippen LogP contribution in [0.5, 0.6) is 11.5 Å². The highest BCUT2D eigenvalue weighted by Gasteiger charge is 2.35. The molecule has 0 aliphatic carbocycles. The van der Waals surface area contributed by atoms with Crippen LogP contribution in [-0.2, 0) is 9.53 Å². The minimum absolute atomic E-state index is 0.139. The highest BCUT2D eigenvalue weighted by molar-refractivity contribution is 7.07. The van der Waals surface area contributed by atoms with E-state index in [1.807, 2.05) is 31.2 Å². The number of esters is 1. The number of thiazole rings is 1. The second-order valence-corrected chi connectivity index (χ2v) is 11.2. The van der Waals surface area contributed by atoms with Crippen LogP contribution in [0.4, 0.5) is 5.69 Å². The molecule has 208 valence electrons. The highest BCUT2D eigenvalue weighted by Crippen LogP contribution is 2.38. The molecule has 1 fully saturated rings. The molecule has 3 aliphatic rings. The smallest absolute Gasteiger partial charge is 0.338 e. The van der Waals surface area contributed by atoms with Gasteiger partial charge in [-0.05, 0) is 74.1 Å². The molecule has 2 aromatic carbocycles. The number of ether oxygens (including phenoxy) is 3. The molecule has 1 aromatic heterocycles. The Bertz CT molecular complexity index is 1630. The molecule has 3 aliphatic heterocycles. The Morgan fingerprint density at radius 1 is 1.07 bits per heavy atom. The number of benzene rings is 2. The van der Waals surface area contributed by atoms with Crippen LogP contribution >= 0.6 is 11.3 Å². The van der Waals surface area contributed by atoms with Gasteiger partial charge in [0, 0.05) is 18.8 Å². The van der Waals surface area contributed by atoms with Gasteiger partial charge in [0.05, 0.1) is 28.5 Å². The van der Waals surface area contributed by atoms with E-state index in [-0.39, 0.29) is 19.0 Å². The molecule has 4 heterocycles. The van der Waals surface area contributed by atoms with Crippen LogP contribution in [0.2, 0.25) is 0 Å². The molecular weight excluding hydrogens is 526 g/mol. The Morgan fingerprint density at radius 2 is 1.85 bits per heavy atom. The molecule has 3 aromatic rings. The first kappa shape index (κ1) is 26.4. The zero-order valence-electron chi connectivity index (χ0n) is 22.9. The summed E-state index contributed by atoms with van der Waals surface area (Å²) < 4.78 is 18.8. The summed E-state index contributed by atoms with van der Waals surface area (Å²) in [7, 11) is 0. The fourth-order valence-corrected chi connectivity index (χ4v) is 6.62. The predicted octanol–water partition coefficient (Wildman–Crippen LogP) is 4.30. The maximum absolute atomic E-state index is 14.0. The second kappa shape index (κ2) is 11.3. The summed E-state index contributed by atoms with van der Waals surface area (Å²) in [5.74, 6) is 0.769. The van der Waals surface area contributed by atoms with Crippen molar-refractivity contribution < 1.29 is 19.0 Å². The van der Waals surface area contributed by atoms with Gasteiger partial charge in [-0.15, -0.1) is 0 Å². The quantitative estimate of drug-likeness (QED) is 0.402. The number of fused-ring (bicyclic) bond motifs is 2. The van der Waals surface area contributed by atoms with E-state index in [9.17, 15) is 9.59 Å². The molecule has 1 atom stereocenters. The Hall–Kier alpha value is -3.85. The largest absolute Gasteiger partial charge is 0.463 e. The van der Waals surface area contributed by atoms with E-state index in [0.29, 0.717) is 38.5 Å². The van der Waals surface area contributed by atoms with E-state index in [1.54, 1.807) is 11.5 Å². The van der Waals surface area contributed by atoms with Gasteiger partial charge < -0.3 is 19.1 Å². The first-order valence-corrected chi connectivity index (χ1v) is 14.9. The lowest BCUT2D eigenvalue weighted by Crippen LogP contribution is -2.40. The number of rotatable bonds is 7. The molecular formula is C31H33N3O5S. The van der Waals surface area contributed by atoms with Crippen molar-refractivity contribution >= 4 is 29.1 Å². The number of allylic oxidation sites excluding steroid dienone is 1. The van der Waals surface area contributed by atoms with Crippen LogP contribution in [0.3, 0.4) is 0 Å². The topological polar surface area (TPSA) is 82.4 Å². The number of nitrogens with zero attached hydrogens (tertiary/aromatic N) is 3. The number of hydrogen-bond acceptors (Lipinski definition) is 8. The molecule has 0 saturated carbocycles. The first-order valence-electron chi connectivity index (χ1n) is 14.0. The van der Waals surface area contributed by atoms with Gasteiger partial charge in [0.2, 0.25) is 6.79 Å². The van der Waals surface area contributed by atoms with Gasteiger partial charge in [-0.2, -0.15) is 0 Å². The van der Waals surface area contributed by atoms with Crippen LogP contribution in [0.15, 0.2) is 63.5 Å². The molecule has 40 heavy (non-hydrogen) atoms. The molecule has 0 unspecified atom stereocenters. The van der Waals surface area contributed by atoms with Crippen LogP contribution in [0.1, 0.15) is 63.1 Å². The van der Waals surface area contributed by atoms with E-state index >= 15 is 0 Å². The molecule has 0 N–H and O–H groups in total. The third-order valence-electron chi connectivity index (χ3n) is 7.52. The summed E-state index contributed by atoms with van der Waals surface area (Å²) in [6.45, 7) is 6.36. The zero-order chi connectivity index (χ0) is 27.6. The van der Waals surface area contributed by atoms with Crippen molar-refractivity contribution in [2.75, 3.05) is 31.4 Å². The molecule has 1 saturated heterocycles. The van der Waals surface area contributed by atoms with Gasteiger partial charge in [-0.1, -0.05) is 42.9 Å². The monoisotopic (exact) mass is 559 g/mol. The first-order chi connectivity index (χ1) is 19.6. The van der Waals surface area contributed by atoms with E-state index in [1.165, 1.54) is 36.3 Å². The summed E-state index contributed by atoms with van der Waals surface area (Å²) in [5.41, 5.74) is 3.77. The van der Waals surface area contributed by atoms with Gasteiger partial charge >= 0.3 is 5.97 Å². The van der Waals surface area contributed by atoms with Crippen molar-refractivity contribution in [2.24, 2.45) is 4.99 Å². The Morgan fingerprint density at radius 3 is 2.60 bits per heavy atom. The van der Waals surface area contributed by atoms with Crippen LogP contribution in [0, 0.1) is 0 Å². The van der Waals surface area contributed by atoms with E-state index in [0.717, 1.165) is 30.6 Å². The number of carbonyl (C=O) groups is 1. The van der Waals surface area contributed by atoms with Gasteiger partial charge in [0.15, 0.2) is 16.3 Å². The Kier molecular flexibility index (Phi) is 7.47. The highest BCUT2D eigenvalue weighted by atomic mass is 32.1. The SMILES string of the molecule is CCCC1=C(C(=O)OCC)[C@H](c2ccc3c(c2)OCO3)n2c(s/c(=C/c3ccc(N4CCCCC4)cc3)c2=O)=N1. The minimum atomic E-state index is -0.685. The summed E-state index contributed by atoms with van der Waals surface area (Å²) >= 11 is 1.35. The van der Waals surface area contributed by atoms with Crippen LogP contribution < -0.4 is 29.3 Å². The van der Waals surface area contributed by atoms with Gasteiger partial charge in [0.25, 0.3) is 5.56 Å². The maximum Gasteiger partial charge on any atom is 0.338 e. The average Bonchev–Trinajstić information content (AvgIpc) is 3.57. The molecule has 0 radical (unpaired) electrons. The van der Waals surface area contributed by atoms with E-state index in [2.05, 4.69) is 29.2 Å². The normalized spacial score (nSPS) is 18.5. The lowest BCUT2D eigenvalue weighted by atomic mass is 9.94. The van der Waals surface area contributed by atoms with Gasteiger partial charge in [-0.3, -0.25) is 9.36 Å². The maximum atomic E-state index is 14.0. The number of piperidine rings is 1. The molecule has 0 bridgehead atoms. The van der Waals surface area contributed by atoms with Crippen molar-refractivity contribution in [1.82, 2.24) is 4.57 Å².